The zero-order valence-electron chi connectivity index (χ0n) is 23.6. The minimum Gasteiger partial charge on any atom is -0.870 e. The fourth-order valence-electron chi connectivity index (χ4n) is 4.57. The Kier molecular flexibility index (Phi) is 18.9. The molecule has 0 aliphatic heterocycles. The van der Waals surface area contributed by atoms with Gasteiger partial charge in [-0.1, -0.05) is 19.3 Å². The quantitative estimate of drug-likeness (QED) is 0.296. The molecule has 0 amide bonds. The molecule has 3 aliphatic carbocycles. The summed E-state index contributed by atoms with van der Waals surface area (Å²) in [6.07, 6.45) is 8.78. The van der Waals surface area contributed by atoms with E-state index < -0.39 is 22.7 Å². The van der Waals surface area contributed by atoms with Crippen molar-refractivity contribution in [2.75, 3.05) is 13.2 Å². The van der Waals surface area contributed by atoms with Gasteiger partial charge in [0.2, 0.25) is 0 Å². The normalized spacial score (nSPS) is 26.5. The third-order valence-corrected chi connectivity index (χ3v) is 7.22. The van der Waals surface area contributed by atoms with E-state index in [-0.39, 0.29) is 64.3 Å². The molecule has 10 nitrogen and oxygen atoms in total. The van der Waals surface area contributed by atoms with Gasteiger partial charge in [0, 0.05) is 19.3 Å². The number of hydrogen-bond donors (Lipinski definition) is 1. The Balaban J connectivity index is 0. The summed E-state index contributed by atoms with van der Waals surface area (Å²) in [6, 6.07) is 0. The van der Waals surface area contributed by atoms with E-state index in [4.69, 9.17) is 14.6 Å². The summed E-state index contributed by atoms with van der Waals surface area (Å²) in [4.78, 5) is 67.2. The molecule has 0 aromatic rings. The van der Waals surface area contributed by atoms with Crippen molar-refractivity contribution in [3.05, 3.63) is 0 Å². The number of rotatable bonds is 5. The molecule has 0 spiro atoms. The second kappa shape index (κ2) is 18.6. The van der Waals surface area contributed by atoms with Crippen molar-refractivity contribution in [2.24, 2.45) is 16.7 Å². The van der Waals surface area contributed by atoms with Crippen molar-refractivity contribution in [2.45, 2.75) is 105 Å². The molecule has 3 unspecified atom stereocenters. The van der Waals surface area contributed by atoms with Gasteiger partial charge in [0.05, 0.1) is 13.2 Å². The minimum atomic E-state index is -1.09. The minimum absolute atomic E-state index is 0. The van der Waals surface area contributed by atoms with Crippen LogP contribution in [0.4, 0.5) is 0 Å². The van der Waals surface area contributed by atoms with Crippen LogP contribution in [-0.4, -0.2) is 59.1 Å². The van der Waals surface area contributed by atoms with Gasteiger partial charge in [0.15, 0.2) is 0 Å². The molecule has 3 rings (SSSR count). The van der Waals surface area contributed by atoms with Crippen molar-refractivity contribution >= 4 is 35.3 Å². The van der Waals surface area contributed by atoms with E-state index in [1.54, 1.807) is 20.8 Å². The van der Waals surface area contributed by atoms with Crippen molar-refractivity contribution < 1.29 is 78.4 Å². The second-order valence-corrected chi connectivity index (χ2v) is 9.97. The largest absolute Gasteiger partial charge is 1.00 e. The van der Waals surface area contributed by atoms with Crippen LogP contribution in [0.2, 0.25) is 0 Å². The smallest absolute Gasteiger partial charge is 0.870 e. The number of hydrogen-bond acceptors (Lipinski definition) is 9. The molecule has 3 aliphatic rings. The van der Waals surface area contributed by atoms with Gasteiger partial charge < -0.3 is 20.1 Å². The Hall–Kier alpha value is -1.62. The average molecular weight is 551 g/mol. The van der Waals surface area contributed by atoms with Gasteiger partial charge >= 0.3 is 47.5 Å². The molecular formula is C27H43NaO10. The van der Waals surface area contributed by atoms with E-state index in [1.807, 2.05) is 0 Å². The van der Waals surface area contributed by atoms with Crippen LogP contribution in [0, 0.1) is 16.7 Å². The average Bonchev–Trinajstić information content (AvgIpc) is 2.84. The number of carboxylic acids is 1. The molecule has 38 heavy (non-hydrogen) atoms. The molecular weight excluding hydrogens is 507 g/mol. The standard InChI is InChI=1S/C10H16O3.C9H14O3.C8H12O3.Na.H2O/c1-3-13-9(12)10(2)7-5-4-6-8(10)11;1-2-12-9(11)7-5-3-4-6-8(7)10;1-8(7(10)11)5-3-2-4-6(8)9;;/h3-7H2,1-2H3;7H,2-6H2,1H3;2-5H2,1H3,(H,10,11);;1H2/q;;;+1;/p-1. The van der Waals surface area contributed by atoms with E-state index in [0.29, 0.717) is 51.7 Å². The Morgan fingerprint density at radius 3 is 1.66 bits per heavy atom. The third-order valence-electron chi connectivity index (χ3n) is 7.22. The van der Waals surface area contributed by atoms with Crippen LogP contribution >= 0.6 is 0 Å². The summed E-state index contributed by atoms with van der Waals surface area (Å²) in [5.74, 6) is -2.13. The summed E-state index contributed by atoms with van der Waals surface area (Å²) in [5, 5.41) is 8.75. The van der Waals surface area contributed by atoms with Crippen LogP contribution in [-0.2, 0) is 38.2 Å². The first-order chi connectivity index (χ1) is 16.9. The molecule has 11 heteroatoms. The number of carbonyl (C=O) groups excluding carboxylic acids is 5. The first-order valence-corrected chi connectivity index (χ1v) is 13.1. The first-order valence-electron chi connectivity index (χ1n) is 13.1. The molecule has 3 atom stereocenters. The first kappa shape index (κ1) is 38.5. The Labute approximate surface area is 247 Å². The molecule has 212 valence electrons. The van der Waals surface area contributed by atoms with Gasteiger partial charge in [0.1, 0.15) is 34.1 Å². The Bertz CT molecular complexity index is 827. The van der Waals surface area contributed by atoms with Gasteiger partial charge in [-0.2, -0.15) is 0 Å². The van der Waals surface area contributed by atoms with E-state index in [0.717, 1.165) is 38.5 Å². The number of ether oxygens (including phenoxy) is 2. The zero-order chi connectivity index (χ0) is 27.4. The summed E-state index contributed by atoms with van der Waals surface area (Å²) >= 11 is 0. The topological polar surface area (TPSA) is 171 Å². The summed E-state index contributed by atoms with van der Waals surface area (Å²) in [6.45, 7) is 7.45. The fraction of sp³-hybridized carbons (Fsp3) is 0.778. The van der Waals surface area contributed by atoms with Crippen LogP contribution in [0.25, 0.3) is 0 Å². The SMILES string of the molecule is CC1(C(=O)O)CCCCC1=O.CCOC(=O)C1(C)CCCCC1=O.CCOC(=O)C1CCCCC1=O.[Na+].[OH-]. The Morgan fingerprint density at radius 1 is 0.789 bits per heavy atom. The maximum atomic E-state index is 11.5. The summed E-state index contributed by atoms with van der Waals surface area (Å²) in [5.41, 5.74) is -1.94. The molecule has 0 aromatic carbocycles. The summed E-state index contributed by atoms with van der Waals surface area (Å²) < 4.78 is 9.69. The fourth-order valence-corrected chi connectivity index (χ4v) is 4.57. The van der Waals surface area contributed by atoms with Crippen molar-refractivity contribution in [1.82, 2.24) is 0 Å². The number of aliphatic carboxylic acids is 1. The molecule has 0 radical (unpaired) electrons. The van der Waals surface area contributed by atoms with Crippen LogP contribution in [0.1, 0.15) is 105 Å². The van der Waals surface area contributed by atoms with Crippen molar-refractivity contribution in [3.8, 4) is 0 Å². The van der Waals surface area contributed by atoms with E-state index in [2.05, 4.69) is 0 Å². The monoisotopic (exact) mass is 550 g/mol. The number of Topliss-reactive ketones (excluding diaryl/α,β-unsaturated/α-hetero) is 3. The van der Waals surface area contributed by atoms with Gasteiger partial charge in [0.25, 0.3) is 0 Å². The third kappa shape index (κ3) is 10.9. The Morgan fingerprint density at radius 2 is 1.26 bits per heavy atom. The van der Waals surface area contributed by atoms with Gasteiger partial charge in [-0.25, -0.2) is 0 Å². The molecule has 3 fully saturated rings. The molecule has 0 bridgehead atoms. The number of carboxylic acid groups (broad SMARTS) is 1. The number of esters is 2. The molecule has 0 aromatic heterocycles. The van der Waals surface area contributed by atoms with E-state index in [1.165, 1.54) is 6.92 Å². The molecule has 3 saturated carbocycles. The zero-order valence-corrected chi connectivity index (χ0v) is 25.6. The predicted octanol–water partition coefficient (Wildman–Crippen LogP) is 1.06. The predicted molar refractivity (Wildman–Crippen MR) is 133 cm³/mol. The van der Waals surface area contributed by atoms with Gasteiger partial charge in [-0.15, -0.1) is 0 Å². The van der Waals surface area contributed by atoms with Crippen LogP contribution in [0.5, 0.6) is 0 Å². The van der Waals surface area contributed by atoms with Crippen molar-refractivity contribution in [3.63, 3.8) is 0 Å². The molecule has 0 saturated heterocycles. The van der Waals surface area contributed by atoms with Crippen LogP contribution in [0.15, 0.2) is 0 Å². The maximum Gasteiger partial charge on any atom is 1.00 e. The number of ketones is 3. The van der Waals surface area contributed by atoms with Gasteiger partial charge in [-0.3, -0.25) is 28.8 Å². The van der Waals surface area contributed by atoms with Crippen LogP contribution in [0.3, 0.4) is 0 Å². The molecule has 2 N–H and O–H groups in total. The van der Waals surface area contributed by atoms with Crippen molar-refractivity contribution in [1.29, 1.82) is 0 Å². The van der Waals surface area contributed by atoms with Gasteiger partial charge in [-0.05, 0) is 66.2 Å². The summed E-state index contributed by atoms with van der Waals surface area (Å²) in [7, 11) is 0. The van der Waals surface area contributed by atoms with E-state index >= 15 is 0 Å². The number of carbonyl (C=O) groups is 6. The van der Waals surface area contributed by atoms with Crippen LogP contribution < -0.4 is 29.6 Å². The van der Waals surface area contributed by atoms with E-state index in [9.17, 15) is 28.8 Å². The maximum absolute atomic E-state index is 11.5. The molecule has 0 heterocycles. The second-order valence-electron chi connectivity index (χ2n) is 9.97.